The molecular formula is C20H34IN3O2. The fraction of sp³-hybridized carbons (Fsp3) is 0.550. The summed E-state index contributed by atoms with van der Waals surface area (Å²) in [5.41, 5.74) is 1.04. The van der Waals surface area contributed by atoms with E-state index in [2.05, 4.69) is 36.1 Å². The van der Waals surface area contributed by atoms with E-state index in [1.807, 2.05) is 24.3 Å². The van der Waals surface area contributed by atoms with Crippen LogP contribution in [0.2, 0.25) is 0 Å². The van der Waals surface area contributed by atoms with Gasteiger partial charge in [-0.2, -0.15) is 0 Å². The van der Waals surface area contributed by atoms with Gasteiger partial charge < -0.3 is 20.5 Å². The van der Waals surface area contributed by atoms with E-state index in [4.69, 9.17) is 4.74 Å². The van der Waals surface area contributed by atoms with E-state index >= 15 is 0 Å². The molecule has 148 valence electrons. The summed E-state index contributed by atoms with van der Waals surface area (Å²) in [6, 6.07) is 7.92. The maximum Gasteiger partial charge on any atom is 0.191 e. The number of rotatable bonds is 12. The van der Waals surface area contributed by atoms with Gasteiger partial charge in [-0.3, -0.25) is 0 Å². The first-order valence-corrected chi connectivity index (χ1v) is 9.19. The fourth-order valence-corrected chi connectivity index (χ4v) is 2.61. The van der Waals surface area contributed by atoms with Crippen molar-refractivity contribution in [3.63, 3.8) is 0 Å². The van der Waals surface area contributed by atoms with Crippen molar-refractivity contribution in [3.8, 4) is 5.75 Å². The van der Waals surface area contributed by atoms with Crippen molar-refractivity contribution in [2.75, 3.05) is 26.3 Å². The average molecular weight is 475 g/mol. The van der Waals surface area contributed by atoms with Gasteiger partial charge in [0.1, 0.15) is 12.4 Å². The summed E-state index contributed by atoms with van der Waals surface area (Å²) >= 11 is 0. The number of aliphatic imine (C=N–C) groups is 1. The number of hydrogen-bond acceptors (Lipinski definition) is 3. The topological polar surface area (TPSA) is 65.9 Å². The van der Waals surface area contributed by atoms with Crippen LogP contribution in [-0.2, 0) is 6.54 Å². The molecule has 3 N–H and O–H groups in total. The Hall–Kier alpha value is -1.28. The molecule has 5 nitrogen and oxygen atoms in total. The molecule has 0 fully saturated rings. The summed E-state index contributed by atoms with van der Waals surface area (Å²) in [5.74, 6) is 2.09. The number of aliphatic hydroxyl groups excluding tert-OH is 1. The van der Waals surface area contributed by atoms with Crippen LogP contribution in [0.1, 0.15) is 38.7 Å². The summed E-state index contributed by atoms with van der Waals surface area (Å²) in [7, 11) is 0. The van der Waals surface area contributed by atoms with Gasteiger partial charge in [0.2, 0.25) is 0 Å². The predicted octanol–water partition coefficient (Wildman–Crippen LogP) is 3.72. The third-order valence-corrected chi connectivity index (χ3v) is 3.87. The lowest BCUT2D eigenvalue weighted by Crippen LogP contribution is -2.40. The normalized spacial score (nSPS) is 12.0. The van der Waals surface area contributed by atoms with E-state index in [0.717, 1.165) is 49.6 Å². The second-order valence-corrected chi connectivity index (χ2v) is 5.95. The van der Waals surface area contributed by atoms with Crippen molar-refractivity contribution in [3.05, 3.63) is 42.5 Å². The minimum Gasteiger partial charge on any atom is -0.489 e. The Morgan fingerprint density at radius 1 is 1.27 bits per heavy atom. The van der Waals surface area contributed by atoms with Crippen molar-refractivity contribution in [2.24, 2.45) is 10.9 Å². The van der Waals surface area contributed by atoms with Crippen LogP contribution in [0.3, 0.4) is 0 Å². The van der Waals surface area contributed by atoms with Crippen molar-refractivity contribution >= 4 is 29.9 Å². The molecule has 0 aliphatic rings. The highest BCUT2D eigenvalue weighted by Gasteiger charge is 2.09. The number of nitrogens with zero attached hydrogens (tertiary/aromatic N) is 1. The summed E-state index contributed by atoms with van der Waals surface area (Å²) in [6.45, 7) is 10.8. The molecule has 0 saturated carbocycles. The number of guanidine groups is 1. The molecule has 0 radical (unpaired) electrons. The maximum absolute atomic E-state index is 9.19. The summed E-state index contributed by atoms with van der Waals surface area (Å²) in [5, 5.41) is 15.9. The SMILES string of the molecule is C=CCOc1ccccc1CN=C(NCC)NCC(CCC)CCO.I. The molecule has 6 heteroatoms. The highest BCUT2D eigenvalue weighted by Crippen LogP contribution is 2.18. The highest BCUT2D eigenvalue weighted by atomic mass is 127. The Labute approximate surface area is 175 Å². The zero-order valence-corrected chi connectivity index (χ0v) is 18.4. The average Bonchev–Trinajstić information content (AvgIpc) is 2.63. The minimum absolute atomic E-state index is 0. The first-order chi connectivity index (χ1) is 12.2. The van der Waals surface area contributed by atoms with E-state index in [1.165, 1.54) is 0 Å². The van der Waals surface area contributed by atoms with Crippen molar-refractivity contribution in [1.82, 2.24) is 10.6 Å². The second-order valence-electron chi connectivity index (χ2n) is 5.95. The highest BCUT2D eigenvalue weighted by molar-refractivity contribution is 14.0. The van der Waals surface area contributed by atoms with Crippen LogP contribution in [0, 0.1) is 5.92 Å². The summed E-state index contributed by atoms with van der Waals surface area (Å²) in [4.78, 5) is 4.67. The zero-order chi connectivity index (χ0) is 18.3. The molecular weight excluding hydrogens is 441 g/mol. The van der Waals surface area contributed by atoms with Gasteiger partial charge in [-0.05, 0) is 31.7 Å². The molecule has 0 spiro atoms. The lowest BCUT2D eigenvalue weighted by molar-refractivity contribution is 0.251. The quantitative estimate of drug-likeness (QED) is 0.187. The fourth-order valence-electron chi connectivity index (χ4n) is 2.61. The molecule has 1 atom stereocenters. The van der Waals surface area contributed by atoms with Crippen LogP contribution < -0.4 is 15.4 Å². The molecule has 1 unspecified atom stereocenters. The Morgan fingerprint density at radius 2 is 2.04 bits per heavy atom. The molecule has 0 aliphatic heterocycles. The van der Waals surface area contributed by atoms with Gasteiger partial charge in [-0.1, -0.05) is 44.2 Å². The van der Waals surface area contributed by atoms with Crippen LogP contribution in [0.15, 0.2) is 41.9 Å². The first kappa shape index (κ1) is 24.7. The third-order valence-electron chi connectivity index (χ3n) is 3.87. The van der Waals surface area contributed by atoms with Crippen LogP contribution in [0.25, 0.3) is 0 Å². The van der Waals surface area contributed by atoms with Crippen LogP contribution in [0.5, 0.6) is 5.75 Å². The van der Waals surface area contributed by atoms with Crippen molar-refractivity contribution < 1.29 is 9.84 Å². The smallest absolute Gasteiger partial charge is 0.191 e. The van der Waals surface area contributed by atoms with E-state index in [0.29, 0.717) is 19.1 Å². The van der Waals surface area contributed by atoms with Crippen molar-refractivity contribution in [2.45, 2.75) is 39.7 Å². The van der Waals surface area contributed by atoms with Gasteiger partial charge in [0.05, 0.1) is 6.54 Å². The van der Waals surface area contributed by atoms with Crippen LogP contribution in [0.4, 0.5) is 0 Å². The number of aliphatic hydroxyl groups is 1. The van der Waals surface area contributed by atoms with Gasteiger partial charge in [0.15, 0.2) is 5.96 Å². The Bertz CT molecular complexity index is 518. The van der Waals surface area contributed by atoms with Gasteiger partial charge in [-0.15, -0.1) is 24.0 Å². The first-order valence-electron chi connectivity index (χ1n) is 9.19. The summed E-state index contributed by atoms with van der Waals surface area (Å²) in [6.07, 6.45) is 4.78. The van der Waals surface area contributed by atoms with E-state index < -0.39 is 0 Å². The van der Waals surface area contributed by atoms with Gasteiger partial charge in [-0.25, -0.2) is 4.99 Å². The van der Waals surface area contributed by atoms with Crippen LogP contribution >= 0.6 is 24.0 Å². The number of hydrogen-bond donors (Lipinski definition) is 3. The second kappa shape index (κ2) is 15.9. The van der Waals surface area contributed by atoms with Crippen molar-refractivity contribution in [1.29, 1.82) is 0 Å². The number of halogens is 1. The molecule has 0 heterocycles. The maximum atomic E-state index is 9.19. The monoisotopic (exact) mass is 475 g/mol. The van der Waals surface area contributed by atoms with Gasteiger partial charge >= 0.3 is 0 Å². The van der Waals surface area contributed by atoms with E-state index in [1.54, 1.807) is 6.08 Å². The molecule has 1 rings (SSSR count). The lowest BCUT2D eigenvalue weighted by atomic mass is 10.0. The molecule has 26 heavy (non-hydrogen) atoms. The summed E-state index contributed by atoms with van der Waals surface area (Å²) < 4.78 is 5.68. The molecule has 0 bridgehead atoms. The molecule has 1 aromatic rings. The molecule has 0 aromatic heterocycles. The largest absolute Gasteiger partial charge is 0.489 e. The van der Waals surface area contributed by atoms with E-state index in [9.17, 15) is 5.11 Å². The Morgan fingerprint density at radius 3 is 2.69 bits per heavy atom. The lowest BCUT2D eigenvalue weighted by Gasteiger charge is -2.18. The Kier molecular flexibility index (Phi) is 15.2. The number of ether oxygens (including phenoxy) is 1. The predicted molar refractivity (Wildman–Crippen MR) is 120 cm³/mol. The third kappa shape index (κ3) is 10.0. The number of benzene rings is 1. The van der Waals surface area contributed by atoms with Gasteiger partial charge in [0, 0.05) is 25.3 Å². The number of para-hydroxylation sites is 1. The molecule has 1 aromatic carbocycles. The Balaban J connectivity index is 0.00000625. The molecule has 0 saturated heterocycles. The van der Waals surface area contributed by atoms with E-state index in [-0.39, 0.29) is 30.6 Å². The van der Waals surface area contributed by atoms with Crippen LogP contribution in [-0.4, -0.2) is 37.4 Å². The minimum atomic E-state index is 0. The standard InChI is InChI=1S/C20H33N3O2.HI/c1-4-9-17(12-13-24)15-22-20(21-6-3)23-16-18-10-7-8-11-19(18)25-14-5-2;/h5,7-8,10-11,17,24H,2,4,6,9,12-16H2,1,3H3,(H2,21,22,23);1H. The number of nitrogens with one attached hydrogen (secondary N) is 2. The van der Waals surface area contributed by atoms with Gasteiger partial charge in [0.25, 0.3) is 0 Å². The molecule has 0 amide bonds. The molecule has 0 aliphatic carbocycles. The zero-order valence-electron chi connectivity index (χ0n) is 16.0.